The Kier molecular flexibility index (Phi) is 4.11. The van der Waals surface area contributed by atoms with Gasteiger partial charge in [0.15, 0.2) is 0 Å². The Labute approximate surface area is 86.3 Å². The van der Waals surface area contributed by atoms with Crippen molar-refractivity contribution in [1.29, 1.82) is 0 Å². The maximum absolute atomic E-state index is 5.17. The third-order valence-corrected chi connectivity index (χ3v) is 2.48. The predicted molar refractivity (Wildman–Crippen MR) is 59.6 cm³/mol. The van der Waals surface area contributed by atoms with Gasteiger partial charge in [-0.2, -0.15) is 0 Å². The molecule has 1 aromatic carbocycles. The molecule has 14 heavy (non-hydrogen) atoms. The fourth-order valence-electron chi connectivity index (χ4n) is 1.71. The summed E-state index contributed by atoms with van der Waals surface area (Å²) < 4.78 is 5.17. The van der Waals surface area contributed by atoms with Gasteiger partial charge in [-0.15, -0.1) is 0 Å². The van der Waals surface area contributed by atoms with Crippen LogP contribution in [0.3, 0.4) is 0 Å². The van der Waals surface area contributed by atoms with E-state index >= 15 is 0 Å². The van der Waals surface area contributed by atoms with Crippen LogP contribution in [0.2, 0.25) is 0 Å². The summed E-state index contributed by atoms with van der Waals surface area (Å²) >= 11 is 0. The number of benzene rings is 1. The van der Waals surface area contributed by atoms with E-state index in [4.69, 9.17) is 4.74 Å². The number of ether oxygens (including phenoxy) is 1. The lowest BCUT2D eigenvalue weighted by atomic mass is 10.00. The number of methoxy groups -OCH3 is 1. The normalized spacial score (nSPS) is 12.9. The second-order valence-electron chi connectivity index (χ2n) is 3.66. The molecule has 0 spiro atoms. The van der Waals surface area contributed by atoms with E-state index in [-0.39, 0.29) is 0 Å². The molecule has 1 unspecified atom stereocenters. The zero-order valence-corrected chi connectivity index (χ0v) is 9.42. The van der Waals surface area contributed by atoms with Crippen molar-refractivity contribution in [3.63, 3.8) is 0 Å². The predicted octanol–water partition coefficient (Wildman–Crippen LogP) is 2.21. The molecule has 2 heteroatoms. The van der Waals surface area contributed by atoms with Crippen LogP contribution in [-0.4, -0.2) is 20.8 Å². The highest BCUT2D eigenvalue weighted by Gasteiger charge is 2.10. The second kappa shape index (κ2) is 5.13. The number of nitrogens with one attached hydrogen (secondary N) is 1. The van der Waals surface area contributed by atoms with Crippen molar-refractivity contribution in [2.45, 2.75) is 19.9 Å². The fourth-order valence-corrected chi connectivity index (χ4v) is 1.71. The topological polar surface area (TPSA) is 21.3 Å². The summed E-state index contributed by atoms with van der Waals surface area (Å²) in [6.07, 6.45) is 0. The third-order valence-electron chi connectivity index (χ3n) is 2.48. The first kappa shape index (κ1) is 11.2. The number of rotatable bonds is 4. The highest BCUT2D eigenvalue weighted by molar-refractivity contribution is 5.32. The van der Waals surface area contributed by atoms with Gasteiger partial charge in [0.25, 0.3) is 0 Å². The summed E-state index contributed by atoms with van der Waals surface area (Å²) in [6, 6.07) is 6.81. The van der Waals surface area contributed by atoms with E-state index in [1.165, 1.54) is 16.7 Å². The zero-order chi connectivity index (χ0) is 10.6. The van der Waals surface area contributed by atoms with Gasteiger partial charge < -0.3 is 10.1 Å². The summed E-state index contributed by atoms with van der Waals surface area (Å²) in [5, 5.41) is 3.25. The summed E-state index contributed by atoms with van der Waals surface area (Å²) in [4.78, 5) is 0. The van der Waals surface area contributed by atoms with Crippen LogP contribution in [-0.2, 0) is 4.74 Å². The lowest BCUT2D eigenvalue weighted by Crippen LogP contribution is -2.21. The SMILES string of the molecule is CNC(COC)c1ccc(C)cc1C. The van der Waals surface area contributed by atoms with Gasteiger partial charge in [0.1, 0.15) is 0 Å². The minimum absolute atomic E-state index is 0.292. The lowest BCUT2D eigenvalue weighted by Gasteiger charge is -2.18. The van der Waals surface area contributed by atoms with Gasteiger partial charge in [-0.05, 0) is 32.0 Å². The molecule has 78 valence electrons. The third kappa shape index (κ3) is 2.56. The van der Waals surface area contributed by atoms with Crippen molar-refractivity contribution in [3.8, 4) is 0 Å². The Morgan fingerprint density at radius 2 is 2.07 bits per heavy atom. The monoisotopic (exact) mass is 193 g/mol. The first-order valence-corrected chi connectivity index (χ1v) is 4.92. The van der Waals surface area contributed by atoms with Crippen LogP contribution < -0.4 is 5.32 Å². The molecule has 0 saturated carbocycles. The van der Waals surface area contributed by atoms with Crippen molar-refractivity contribution in [3.05, 3.63) is 34.9 Å². The van der Waals surface area contributed by atoms with E-state index in [0.717, 1.165) is 0 Å². The molecule has 0 fully saturated rings. The van der Waals surface area contributed by atoms with Crippen molar-refractivity contribution in [1.82, 2.24) is 5.32 Å². The summed E-state index contributed by atoms with van der Waals surface area (Å²) in [5.74, 6) is 0. The fraction of sp³-hybridized carbons (Fsp3) is 0.500. The van der Waals surface area contributed by atoms with E-state index in [2.05, 4.69) is 37.4 Å². The van der Waals surface area contributed by atoms with Crippen LogP contribution in [0.25, 0.3) is 0 Å². The molecule has 1 atom stereocenters. The average Bonchev–Trinajstić information content (AvgIpc) is 2.15. The number of hydrogen-bond donors (Lipinski definition) is 1. The van der Waals surface area contributed by atoms with Crippen LogP contribution in [0.4, 0.5) is 0 Å². The summed E-state index contributed by atoms with van der Waals surface area (Å²) in [7, 11) is 3.69. The van der Waals surface area contributed by atoms with Gasteiger partial charge in [-0.1, -0.05) is 23.8 Å². The quantitative estimate of drug-likeness (QED) is 0.791. The molecular formula is C12H19NO. The van der Waals surface area contributed by atoms with Crippen molar-refractivity contribution < 1.29 is 4.74 Å². The van der Waals surface area contributed by atoms with E-state index in [0.29, 0.717) is 12.6 Å². The molecule has 0 bridgehead atoms. The molecule has 1 aromatic rings. The first-order chi connectivity index (χ1) is 6.69. The Bertz CT molecular complexity index is 296. The summed E-state index contributed by atoms with van der Waals surface area (Å²) in [5.41, 5.74) is 3.94. The van der Waals surface area contributed by atoms with E-state index < -0.39 is 0 Å². The van der Waals surface area contributed by atoms with Crippen LogP contribution in [0.1, 0.15) is 22.7 Å². The average molecular weight is 193 g/mol. The maximum atomic E-state index is 5.17. The lowest BCUT2D eigenvalue weighted by molar-refractivity contribution is 0.170. The molecule has 2 nitrogen and oxygen atoms in total. The molecule has 0 aliphatic carbocycles. The Morgan fingerprint density at radius 3 is 2.57 bits per heavy atom. The molecule has 0 saturated heterocycles. The Balaban J connectivity index is 2.92. The summed E-state index contributed by atoms with van der Waals surface area (Å²) in [6.45, 7) is 4.96. The van der Waals surface area contributed by atoms with Crippen LogP contribution in [0, 0.1) is 13.8 Å². The largest absolute Gasteiger partial charge is 0.383 e. The van der Waals surface area contributed by atoms with Crippen LogP contribution in [0.5, 0.6) is 0 Å². The second-order valence-corrected chi connectivity index (χ2v) is 3.66. The van der Waals surface area contributed by atoms with Gasteiger partial charge in [0.05, 0.1) is 12.6 Å². The van der Waals surface area contributed by atoms with Gasteiger partial charge in [-0.25, -0.2) is 0 Å². The molecule has 0 heterocycles. The smallest absolute Gasteiger partial charge is 0.0657 e. The molecule has 0 aliphatic heterocycles. The molecular weight excluding hydrogens is 174 g/mol. The number of aryl methyl sites for hydroxylation is 2. The number of likely N-dealkylation sites (N-methyl/N-ethyl adjacent to an activating group) is 1. The van der Waals surface area contributed by atoms with E-state index in [9.17, 15) is 0 Å². The van der Waals surface area contributed by atoms with E-state index in [1.807, 2.05) is 7.05 Å². The minimum atomic E-state index is 0.292. The highest BCUT2D eigenvalue weighted by atomic mass is 16.5. The van der Waals surface area contributed by atoms with Gasteiger partial charge in [-0.3, -0.25) is 0 Å². The Morgan fingerprint density at radius 1 is 1.36 bits per heavy atom. The Hall–Kier alpha value is -0.860. The molecule has 0 amide bonds. The van der Waals surface area contributed by atoms with Crippen molar-refractivity contribution in [2.24, 2.45) is 0 Å². The maximum Gasteiger partial charge on any atom is 0.0657 e. The zero-order valence-electron chi connectivity index (χ0n) is 9.42. The molecule has 1 N–H and O–H groups in total. The van der Waals surface area contributed by atoms with E-state index in [1.54, 1.807) is 7.11 Å². The van der Waals surface area contributed by atoms with Crippen molar-refractivity contribution >= 4 is 0 Å². The number of hydrogen-bond acceptors (Lipinski definition) is 2. The molecule has 0 aliphatic rings. The molecule has 0 aromatic heterocycles. The standard InChI is InChI=1S/C12H19NO/c1-9-5-6-11(10(2)7-9)12(13-3)8-14-4/h5-7,12-13H,8H2,1-4H3. The highest BCUT2D eigenvalue weighted by Crippen LogP contribution is 2.18. The van der Waals surface area contributed by atoms with Gasteiger partial charge in [0.2, 0.25) is 0 Å². The van der Waals surface area contributed by atoms with Gasteiger partial charge >= 0.3 is 0 Å². The van der Waals surface area contributed by atoms with Crippen LogP contribution >= 0.6 is 0 Å². The molecule has 0 radical (unpaired) electrons. The minimum Gasteiger partial charge on any atom is -0.383 e. The van der Waals surface area contributed by atoms with Crippen LogP contribution in [0.15, 0.2) is 18.2 Å². The first-order valence-electron chi connectivity index (χ1n) is 4.92. The van der Waals surface area contributed by atoms with Crippen molar-refractivity contribution in [2.75, 3.05) is 20.8 Å². The van der Waals surface area contributed by atoms with Gasteiger partial charge in [0, 0.05) is 7.11 Å². The molecule has 1 rings (SSSR count).